The van der Waals surface area contributed by atoms with Crippen LogP contribution in [0.25, 0.3) is 0 Å². The molecule has 4 aliphatic rings. The van der Waals surface area contributed by atoms with Gasteiger partial charge in [-0.3, -0.25) is 4.79 Å². The van der Waals surface area contributed by atoms with Crippen LogP contribution in [0.1, 0.15) is 128 Å². The predicted octanol–water partition coefficient (Wildman–Crippen LogP) is 5.50. The molecule has 1 aromatic carbocycles. The Morgan fingerprint density at radius 1 is 0.955 bits per heavy atom. The molecular weight excluding hydrogens is 550 g/mol. The van der Waals surface area contributed by atoms with Gasteiger partial charge in [0, 0.05) is 30.2 Å². The van der Waals surface area contributed by atoms with Crippen LogP contribution in [0, 0.1) is 11.3 Å². The average molecular weight is 612 g/mol. The highest BCUT2D eigenvalue weighted by molar-refractivity contribution is 5.68. The van der Waals surface area contributed by atoms with Gasteiger partial charge in [0.2, 0.25) is 0 Å². The highest BCUT2D eigenvalue weighted by Crippen LogP contribution is 2.47. The summed E-state index contributed by atoms with van der Waals surface area (Å²) in [6.07, 6.45) is 17.8. The van der Waals surface area contributed by atoms with Crippen LogP contribution in [0.4, 0.5) is 0 Å². The Morgan fingerprint density at radius 3 is 2.45 bits per heavy atom. The summed E-state index contributed by atoms with van der Waals surface area (Å²) in [6.45, 7) is 5.61. The van der Waals surface area contributed by atoms with Gasteiger partial charge in [-0.2, -0.15) is 0 Å². The zero-order chi connectivity index (χ0) is 31.2. The first-order valence-corrected chi connectivity index (χ1v) is 18.0. The number of aliphatic hydroxyl groups excluding tert-OH is 1. The van der Waals surface area contributed by atoms with Crippen LogP contribution in [0.15, 0.2) is 24.3 Å². The number of hydrogen-bond donors (Lipinski definition) is 6. The molecule has 7 atom stereocenters. The van der Waals surface area contributed by atoms with Crippen molar-refractivity contribution < 1.29 is 20.1 Å². The molecule has 3 fully saturated rings. The normalized spacial score (nSPS) is 37.2. The van der Waals surface area contributed by atoms with Gasteiger partial charge in [0.15, 0.2) is 0 Å². The van der Waals surface area contributed by atoms with Gasteiger partial charge in [0.25, 0.3) is 0 Å². The summed E-state index contributed by atoms with van der Waals surface area (Å²) in [4.78, 5) is 11.9. The van der Waals surface area contributed by atoms with Gasteiger partial charge in [0.1, 0.15) is 0 Å². The van der Waals surface area contributed by atoms with Crippen molar-refractivity contribution in [3.8, 4) is 0 Å². The number of nitrogens with one attached hydrogen (secondary N) is 3. The minimum Gasteiger partial charge on any atom is -0.481 e. The van der Waals surface area contributed by atoms with Crippen LogP contribution in [0.3, 0.4) is 0 Å². The van der Waals surface area contributed by atoms with Crippen molar-refractivity contribution in [1.82, 2.24) is 16.0 Å². The lowest BCUT2D eigenvalue weighted by atomic mass is 9.73. The van der Waals surface area contributed by atoms with Crippen molar-refractivity contribution in [1.29, 1.82) is 0 Å². The van der Waals surface area contributed by atoms with Crippen molar-refractivity contribution in [3.05, 3.63) is 35.4 Å². The summed E-state index contributed by atoms with van der Waals surface area (Å²) >= 11 is 0. The molecule has 7 unspecified atom stereocenters. The fraction of sp³-hybridized carbons (Fsp3) is 0.811. The third kappa shape index (κ3) is 9.51. The third-order valence-corrected chi connectivity index (χ3v) is 12.0. The van der Waals surface area contributed by atoms with E-state index in [4.69, 9.17) is 0 Å². The molecular formula is C37H61N3O4. The molecule has 3 heterocycles. The number of carboxylic acid groups (broad SMARTS) is 1. The summed E-state index contributed by atoms with van der Waals surface area (Å²) in [7, 11) is 0. The molecule has 0 radical (unpaired) electrons. The minimum absolute atomic E-state index is 0.137. The molecule has 1 spiro atoms. The smallest absolute Gasteiger partial charge is 0.306 e. The van der Waals surface area contributed by atoms with E-state index in [9.17, 15) is 20.1 Å². The van der Waals surface area contributed by atoms with Crippen LogP contribution in [-0.4, -0.2) is 69.7 Å². The third-order valence-electron chi connectivity index (χ3n) is 12.0. The Hall–Kier alpha value is -1.51. The van der Waals surface area contributed by atoms with Crippen molar-refractivity contribution in [2.45, 2.75) is 165 Å². The zero-order valence-corrected chi connectivity index (χ0v) is 27.6. The van der Waals surface area contributed by atoms with E-state index >= 15 is 0 Å². The first-order valence-electron chi connectivity index (χ1n) is 18.0. The Morgan fingerprint density at radius 2 is 1.70 bits per heavy atom. The second-order valence-electron chi connectivity index (χ2n) is 15.9. The van der Waals surface area contributed by atoms with Crippen LogP contribution < -0.4 is 16.0 Å². The largest absolute Gasteiger partial charge is 0.481 e. The number of carbonyl (C=O) groups is 1. The highest BCUT2D eigenvalue weighted by Gasteiger charge is 2.40. The number of aliphatic carboxylic acids is 1. The standard InChI is InChI=1S/C37H61N3O4/c1-27-33(41)13-12-31(40-27)11-10-28-9-6-16-36(14-3-4-15-36)17-18-37(44,25-34(42)43)26-39-35(2)19-20-38-32(24-35)23-30-8-5-7-29(21-28)22-30/h5,7-8,22,27-28,31-33,38-41,44H,3-4,6,9-21,23-26H2,1-2H3,(H,42,43). The van der Waals surface area contributed by atoms with Gasteiger partial charge in [-0.1, -0.05) is 49.9 Å². The van der Waals surface area contributed by atoms with Crippen molar-refractivity contribution >= 4 is 5.97 Å². The number of β-amino-alcohol motifs (C(OH)–C–C–N with tert-alkyl or cyclic N) is 1. The minimum atomic E-state index is -1.23. The SMILES string of the molecule is CC1NC(CCC2CCCC3(CCCC3)CCC(O)(CC(=O)O)CNC3(C)CCNC(Cc4cccc(c4)C2)C3)CCC1O. The van der Waals surface area contributed by atoms with Crippen LogP contribution >= 0.6 is 0 Å². The van der Waals surface area contributed by atoms with Crippen molar-refractivity contribution in [2.24, 2.45) is 11.3 Å². The number of carboxylic acids is 1. The fourth-order valence-electron chi connectivity index (χ4n) is 9.19. The van der Waals surface area contributed by atoms with Gasteiger partial charge >= 0.3 is 5.97 Å². The fourth-order valence-corrected chi connectivity index (χ4v) is 9.19. The van der Waals surface area contributed by atoms with Gasteiger partial charge in [-0.05, 0) is 126 Å². The Labute approximate surface area is 266 Å². The molecule has 1 aliphatic carbocycles. The molecule has 0 amide bonds. The maximum atomic E-state index is 11.9. The van der Waals surface area contributed by atoms with Gasteiger partial charge in [-0.15, -0.1) is 0 Å². The second kappa shape index (κ2) is 14.9. The quantitative estimate of drug-likeness (QED) is 0.261. The van der Waals surface area contributed by atoms with Gasteiger partial charge in [-0.25, -0.2) is 0 Å². The molecule has 3 aliphatic heterocycles. The maximum absolute atomic E-state index is 11.9. The summed E-state index contributed by atoms with van der Waals surface area (Å²) in [6, 6.07) is 10.3. The molecule has 7 nitrogen and oxygen atoms in total. The summed E-state index contributed by atoms with van der Waals surface area (Å²) in [5.74, 6) is -0.292. The molecule has 44 heavy (non-hydrogen) atoms. The molecule has 7 heteroatoms. The Kier molecular flexibility index (Phi) is 11.5. The maximum Gasteiger partial charge on any atom is 0.306 e. The molecule has 0 aromatic heterocycles. The van der Waals surface area contributed by atoms with E-state index in [1.54, 1.807) is 0 Å². The van der Waals surface area contributed by atoms with Crippen molar-refractivity contribution in [2.75, 3.05) is 13.1 Å². The number of aliphatic hydroxyl groups is 2. The first kappa shape index (κ1) is 33.8. The average Bonchev–Trinajstić information content (AvgIpc) is 3.44. The number of rotatable bonds is 5. The summed E-state index contributed by atoms with van der Waals surface area (Å²) in [5.41, 5.74) is 1.70. The van der Waals surface area contributed by atoms with Crippen LogP contribution in [-0.2, 0) is 17.6 Å². The van der Waals surface area contributed by atoms with E-state index < -0.39 is 11.6 Å². The van der Waals surface area contributed by atoms with E-state index in [0.29, 0.717) is 31.0 Å². The molecule has 248 valence electrons. The molecule has 1 aromatic rings. The van der Waals surface area contributed by atoms with E-state index in [0.717, 1.165) is 57.9 Å². The van der Waals surface area contributed by atoms with E-state index in [1.807, 2.05) is 0 Å². The molecule has 4 bridgehead atoms. The van der Waals surface area contributed by atoms with Gasteiger partial charge < -0.3 is 31.3 Å². The lowest BCUT2D eigenvalue weighted by Gasteiger charge is -2.42. The second-order valence-corrected chi connectivity index (χ2v) is 15.9. The first-order chi connectivity index (χ1) is 21.0. The monoisotopic (exact) mass is 611 g/mol. The lowest BCUT2D eigenvalue weighted by molar-refractivity contribution is -0.143. The van der Waals surface area contributed by atoms with Crippen LogP contribution in [0.5, 0.6) is 0 Å². The molecule has 2 saturated heterocycles. The van der Waals surface area contributed by atoms with Crippen molar-refractivity contribution in [3.63, 3.8) is 0 Å². The summed E-state index contributed by atoms with van der Waals surface area (Å²) < 4.78 is 0. The predicted molar refractivity (Wildman–Crippen MR) is 177 cm³/mol. The topological polar surface area (TPSA) is 114 Å². The zero-order valence-electron chi connectivity index (χ0n) is 27.6. The molecule has 5 rings (SSSR count). The number of hydrogen-bond acceptors (Lipinski definition) is 6. The number of piperidine rings is 2. The number of benzene rings is 1. The Bertz CT molecular complexity index is 1080. The highest BCUT2D eigenvalue weighted by atomic mass is 16.4. The van der Waals surface area contributed by atoms with E-state index in [2.05, 4.69) is 54.1 Å². The summed E-state index contributed by atoms with van der Waals surface area (Å²) in [5, 5.41) is 42.9. The van der Waals surface area contributed by atoms with Crippen LogP contribution in [0.2, 0.25) is 0 Å². The van der Waals surface area contributed by atoms with Gasteiger partial charge in [0.05, 0.1) is 18.1 Å². The number of fused-ring (bicyclic) bond motifs is 4. The Balaban J connectivity index is 1.35. The lowest BCUT2D eigenvalue weighted by Crippen LogP contribution is -2.58. The van der Waals surface area contributed by atoms with E-state index in [1.165, 1.54) is 62.5 Å². The molecule has 1 saturated carbocycles. The van der Waals surface area contributed by atoms with E-state index in [-0.39, 0.29) is 29.5 Å². The molecule has 6 N–H and O–H groups in total.